The number of amides is 2. The second-order valence-corrected chi connectivity index (χ2v) is 6.77. The van der Waals surface area contributed by atoms with E-state index in [1.165, 1.54) is 5.56 Å². The van der Waals surface area contributed by atoms with Crippen molar-refractivity contribution in [2.75, 3.05) is 26.2 Å². The van der Waals surface area contributed by atoms with Crippen molar-refractivity contribution in [2.45, 2.75) is 13.3 Å². The number of hydrogen-bond donors (Lipinski definition) is 1. The van der Waals surface area contributed by atoms with Gasteiger partial charge in [-0.15, -0.1) is 0 Å². The largest absolute Gasteiger partial charge is 0.335 e. The Labute approximate surface area is 157 Å². The standard InChI is InChI=1S/C21H22N4O2/c1-2-15-6-8-16(9-7-15)20(26)24-10-12-25(13-11-24)21(27)18-5-3-4-17-14-22-23-19(17)18/h3-9,14H,2,10-13H2,1H3,(H,22,23). The summed E-state index contributed by atoms with van der Waals surface area (Å²) in [5, 5.41) is 7.85. The van der Waals surface area contributed by atoms with Gasteiger partial charge in [0.15, 0.2) is 0 Å². The average molecular weight is 362 g/mol. The van der Waals surface area contributed by atoms with Crippen LogP contribution >= 0.6 is 0 Å². The molecule has 0 unspecified atom stereocenters. The molecule has 0 radical (unpaired) electrons. The molecule has 1 aliphatic rings. The van der Waals surface area contributed by atoms with E-state index < -0.39 is 0 Å². The molecule has 1 aliphatic heterocycles. The maximum Gasteiger partial charge on any atom is 0.256 e. The van der Waals surface area contributed by atoms with Gasteiger partial charge in [0, 0.05) is 37.1 Å². The van der Waals surface area contributed by atoms with Crippen molar-refractivity contribution in [3.8, 4) is 0 Å². The van der Waals surface area contributed by atoms with Gasteiger partial charge < -0.3 is 9.80 Å². The van der Waals surface area contributed by atoms with Crippen molar-refractivity contribution in [2.24, 2.45) is 0 Å². The number of nitrogens with one attached hydrogen (secondary N) is 1. The summed E-state index contributed by atoms with van der Waals surface area (Å²) in [6, 6.07) is 13.4. The van der Waals surface area contributed by atoms with E-state index in [1.807, 2.05) is 47.4 Å². The first kappa shape index (κ1) is 17.3. The Hall–Kier alpha value is -3.15. The minimum Gasteiger partial charge on any atom is -0.335 e. The van der Waals surface area contributed by atoms with Crippen LogP contribution in [-0.4, -0.2) is 58.0 Å². The van der Waals surface area contributed by atoms with Crippen LogP contribution in [0.15, 0.2) is 48.7 Å². The van der Waals surface area contributed by atoms with Crippen LogP contribution in [0, 0.1) is 0 Å². The summed E-state index contributed by atoms with van der Waals surface area (Å²) in [7, 11) is 0. The molecule has 138 valence electrons. The fraction of sp³-hybridized carbons (Fsp3) is 0.286. The number of aromatic amines is 1. The molecule has 1 fully saturated rings. The molecular formula is C21H22N4O2. The van der Waals surface area contributed by atoms with Crippen LogP contribution in [-0.2, 0) is 6.42 Å². The van der Waals surface area contributed by atoms with E-state index >= 15 is 0 Å². The third-order valence-electron chi connectivity index (χ3n) is 5.17. The Bertz CT molecular complexity index is 969. The molecule has 1 saturated heterocycles. The Morgan fingerprint density at radius 1 is 0.963 bits per heavy atom. The number of para-hydroxylation sites is 1. The smallest absolute Gasteiger partial charge is 0.256 e. The van der Waals surface area contributed by atoms with Crippen LogP contribution in [0.1, 0.15) is 33.2 Å². The van der Waals surface area contributed by atoms with Crippen molar-refractivity contribution in [1.82, 2.24) is 20.0 Å². The molecule has 1 aromatic heterocycles. The molecule has 4 rings (SSSR count). The number of rotatable bonds is 3. The van der Waals surface area contributed by atoms with E-state index in [1.54, 1.807) is 11.1 Å². The second kappa shape index (κ2) is 7.23. The predicted octanol–water partition coefficient (Wildman–Crippen LogP) is 2.72. The molecule has 6 nitrogen and oxygen atoms in total. The number of fused-ring (bicyclic) bond motifs is 1. The number of carbonyl (C=O) groups is 2. The van der Waals surface area contributed by atoms with Crippen LogP contribution in [0.4, 0.5) is 0 Å². The SMILES string of the molecule is CCc1ccc(C(=O)N2CCN(C(=O)c3cccc4cn[nH]c34)CC2)cc1. The maximum absolute atomic E-state index is 12.9. The lowest BCUT2D eigenvalue weighted by atomic mass is 10.1. The number of aryl methyl sites for hydroxylation is 1. The van der Waals surface area contributed by atoms with E-state index in [0.717, 1.165) is 17.3 Å². The maximum atomic E-state index is 12.9. The highest BCUT2D eigenvalue weighted by molar-refractivity contribution is 6.05. The lowest BCUT2D eigenvalue weighted by molar-refractivity contribution is 0.0536. The molecular weight excluding hydrogens is 340 g/mol. The zero-order valence-corrected chi connectivity index (χ0v) is 15.3. The fourth-order valence-corrected chi connectivity index (χ4v) is 3.50. The number of piperazine rings is 1. The van der Waals surface area contributed by atoms with Gasteiger partial charge in [-0.2, -0.15) is 5.10 Å². The molecule has 0 saturated carbocycles. The third-order valence-corrected chi connectivity index (χ3v) is 5.17. The molecule has 0 spiro atoms. The zero-order chi connectivity index (χ0) is 18.8. The first-order chi connectivity index (χ1) is 13.2. The Balaban J connectivity index is 1.43. The summed E-state index contributed by atoms with van der Waals surface area (Å²) in [5.74, 6) is 0.00432. The van der Waals surface area contributed by atoms with Gasteiger partial charge in [0.1, 0.15) is 0 Å². The Morgan fingerprint density at radius 2 is 1.63 bits per heavy atom. The molecule has 27 heavy (non-hydrogen) atoms. The quantitative estimate of drug-likeness (QED) is 0.779. The molecule has 0 bridgehead atoms. The molecule has 1 N–H and O–H groups in total. The van der Waals surface area contributed by atoms with E-state index in [-0.39, 0.29) is 11.8 Å². The number of hydrogen-bond acceptors (Lipinski definition) is 3. The van der Waals surface area contributed by atoms with Gasteiger partial charge in [-0.3, -0.25) is 14.7 Å². The molecule has 2 amide bonds. The van der Waals surface area contributed by atoms with Crippen LogP contribution in [0.25, 0.3) is 10.9 Å². The van der Waals surface area contributed by atoms with Crippen molar-refractivity contribution in [3.63, 3.8) is 0 Å². The number of carbonyl (C=O) groups excluding carboxylic acids is 2. The highest BCUT2D eigenvalue weighted by atomic mass is 16.2. The molecule has 3 aromatic rings. The lowest BCUT2D eigenvalue weighted by Gasteiger charge is -2.35. The minimum absolute atomic E-state index is 0.0238. The summed E-state index contributed by atoms with van der Waals surface area (Å²) in [6.07, 6.45) is 2.67. The third kappa shape index (κ3) is 3.30. The van der Waals surface area contributed by atoms with Gasteiger partial charge in [-0.25, -0.2) is 0 Å². The van der Waals surface area contributed by atoms with Crippen LogP contribution in [0.2, 0.25) is 0 Å². The van der Waals surface area contributed by atoms with Gasteiger partial charge in [-0.05, 0) is 30.2 Å². The van der Waals surface area contributed by atoms with E-state index in [0.29, 0.717) is 37.3 Å². The van der Waals surface area contributed by atoms with Crippen molar-refractivity contribution in [3.05, 3.63) is 65.4 Å². The number of benzene rings is 2. The number of H-pyrrole nitrogens is 1. The molecule has 2 heterocycles. The zero-order valence-electron chi connectivity index (χ0n) is 15.3. The minimum atomic E-state index is -0.0238. The summed E-state index contributed by atoms with van der Waals surface area (Å²) in [6.45, 7) is 4.24. The summed E-state index contributed by atoms with van der Waals surface area (Å²) >= 11 is 0. The van der Waals surface area contributed by atoms with E-state index in [2.05, 4.69) is 17.1 Å². The van der Waals surface area contributed by atoms with Gasteiger partial charge >= 0.3 is 0 Å². The van der Waals surface area contributed by atoms with Gasteiger partial charge in [0.05, 0.1) is 17.3 Å². The lowest BCUT2D eigenvalue weighted by Crippen LogP contribution is -2.50. The van der Waals surface area contributed by atoms with Gasteiger partial charge in [-0.1, -0.05) is 31.2 Å². The number of nitrogens with zero attached hydrogens (tertiary/aromatic N) is 3. The van der Waals surface area contributed by atoms with E-state index in [9.17, 15) is 9.59 Å². The van der Waals surface area contributed by atoms with Gasteiger partial charge in [0.2, 0.25) is 0 Å². The van der Waals surface area contributed by atoms with E-state index in [4.69, 9.17) is 0 Å². The molecule has 0 aliphatic carbocycles. The van der Waals surface area contributed by atoms with Crippen LogP contribution in [0.5, 0.6) is 0 Å². The highest BCUT2D eigenvalue weighted by Crippen LogP contribution is 2.19. The second-order valence-electron chi connectivity index (χ2n) is 6.77. The fourth-order valence-electron chi connectivity index (χ4n) is 3.50. The molecule has 2 aromatic carbocycles. The Kier molecular flexibility index (Phi) is 4.62. The number of aromatic nitrogens is 2. The monoisotopic (exact) mass is 362 g/mol. The van der Waals surface area contributed by atoms with Gasteiger partial charge in [0.25, 0.3) is 11.8 Å². The summed E-state index contributed by atoms with van der Waals surface area (Å²) in [4.78, 5) is 29.2. The summed E-state index contributed by atoms with van der Waals surface area (Å²) in [5.41, 5.74) is 3.31. The highest BCUT2D eigenvalue weighted by Gasteiger charge is 2.26. The predicted molar refractivity (Wildman–Crippen MR) is 104 cm³/mol. The van der Waals surface area contributed by atoms with Crippen molar-refractivity contribution < 1.29 is 9.59 Å². The normalized spacial score (nSPS) is 14.6. The molecule has 6 heteroatoms. The van der Waals surface area contributed by atoms with Crippen molar-refractivity contribution in [1.29, 1.82) is 0 Å². The molecule has 0 atom stereocenters. The summed E-state index contributed by atoms with van der Waals surface area (Å²) < 4.78 is 0. The Morgan fingerprint density at radius 3 is 2.30 bits per heavy atom. The topological polar surface area (TPSA) is 69.3 Å². The first-order valence-electron chi connectivity index (χ1n) is 9.27. The average Bonchev–Trinajstić information content (AvgIpc) is 3.22. The van der Waals surface area contributed by atoms with Crippen LogP contribution < -0.4 is 0 Å². The van der Waals surface area contributed by atoms with Crippen molar-refractivity contribution >= 4 is 22.7 Å². The van der Waals surface area contributed by atoms with Crippen LogP contribution in [0.3, 0.4) is 0 Å². The first-order valence-corrected chi connectivity index (χ1v) is 9.27.